The van der Waals surface area contributed by atoms with E-state index in [4.69, 9.17) is 16.7 Å². The van der Waals surface area contributed by atoms with Gasteiger partial charge >= 0.3 is 12.0 Å². The summed E-state index contributed by atoms with van der Waals surface area (Å²) in [5.41, 5.74) is 0.834. The number of hydrogen-bond acceptors (Lipinski definition) is 2. The number of benzene rings is 1. The van der Waals surface area contributed by atoms with Gasteiger partial charge in [0.2, 0.25) is 0 Å². The van der Waals surface area contributed by atoms with Gasteiger partial charge in [-0.2, -0.15) is 0 Å². The highest BCUT2D eigenvalue weighted by Gasteiger charge is 2.27. The van der Waals surface area contributed by atoms with Crippen molar-refractivity contribution < 1.29 is 14.7 Å². The molecule has 1 saturated carbocycles. The molecule has 6 heteroatoms. The summed E-state index contributed by atoms with van der Waals surface area (Å²) in [4.78, 5) is 23.1. The number of carboxylic acids is 1. The summed E-state index contributed by atoms with van der Waals surface area (Å²) >= 11 is 6.03. The number of rotatable bonds is 5. The quantitative estimate of drug-likeness (QED) is 0.758. The Morgan fingerprint density at radius 3 is 2.50 bits per heavy atom. The first-order chi connectivity index (χ1) is 11.3. The minimum Gasteiger partial charge on any atom is -0.481 e. The Morgan fingerprint density at radius 1 is 1.25 bits per heavy atom. The van der Waals surface area contributed by atoms with Gasteiger partial charge in [-0.25, -0.2) is 4.79 Å². The van der Waals surface area contributed by atoms with Crippen LogP contribution in [0.15, 0.2) is 24.3 Å². The van der Waals surface area contributed by atoms with Crippen molar-refractivity contribution in [1.82, 2.24) is 10.6 Å². The van der Waals surface area contributed by atoms with Gasteiger partial charge in [-0.15, -0.1) is 0 Å². The number of carbonyl (C=O) groups is 2. The van der Waals surface area contributed by atoms with Crippen LogP contribution in [0.25, 0.3) is 0 Å². The van der Waals surface area contributed by atoms with E-state index in [-0.39, 0.29) is 23.4 Å². The normalized spacial score (nSPS) is 21.1. The molecule has 0 radical (unpaired) electrons. The van der Waals surface area contributed by atoms with Gasteiger partial charge in [-0.3, -0.25) is 4.79 Å². The molecule has 0 unspecified atom stereocenters. The predicted octanol–water partition coefficient (Wildman–Crippen LogP) is 3.56. The van der Waals surface area contributed by atoms with E-state index < -0.39 is 5.97 Å². The molecule has 0 aromatic heterocycles. The Labute approximate surface area is 147 Å². The lowest BCUT2D eigenvalue weighted by molar-refractivity contribution is -0.142. The van der Waals surface area contributed by atoms with Crippen molar-refractivity contribution >= 4 is 23.6 Å². The molecule has 1 fully saturated rings. The maximum Gasteiger partial charge on any atom is 0.315 e. The molecule has 24 heavy (non-hydrogen) atoms. The number of halogens is 1. The molecule has 0 spiro atoms. The van der Waals surface area contributed by atoms with Crippen LogP contribution in [-0.4, -0.2) is 29.7 Å². The van der Waals surface area contributed by atoms with Crippen LogP contribution in [-0.2, 0) is 10.2 Å². The molecule has 0 saturated heterocycles. The summed E-state index contributed by atoms with van der Waals surface area (Å²) < 4.78 is 0. The van der Waals surface area contributed by atoms with Gasteiger partial charge in [0.05, 0.1) is 5.92 Å². The summed E-state index contributed by atoms with van der Waals surface area (Å²) in [6, 6.07) is 7.49. The second-order valence-corrected chi connectivity index (χ2v) is 7.54. The second kappa shape index (κ2) is 7.88. The van der Waals surface area contributed by atoms with Crippen LogP contribution in [0.5, 0.6) is 0 Å². The Morgan fingerprint density at radius 2 is 1.92 bits per heavy atom. The van der Waals surface area contributed by atoms with Gasteiger partial charge in [0, 0.05) is 23.0 Å². The molecule has 2 amide bonds. The average molecular weight is 353 g/mol. The Bertz CT molecular complexity index is 596. The van der Waals surface area contributed by atoms with Gasteiger partial charge < -0.3 is 15.7 Å². The summed E-state index contributed by atoms with van der Waals surface area (Å²) in [5.74, 6) is -1.01. The van der Waals surface area contributed by atoms with Crippen molar-refractivity contribution in [1.29, 1.82) is 0 Å². The SMILES string of the molecule is CC(C)(CNC(=O)NC1CCC(C(=O)O)CC1)c1cccc(Cl)c1. The molecule has 132 valence electrons. The molecular formula is C18H25ClN2O3. The van der Waals surface area contributed by atoms with Gasteiger partial charge in [-0.1, -0.05) is 37.6 Å². The first kappa shape index (κ1) is 18.6. The Hall–Kier alpha value is -1.75. The van der Waals surface area contributed by atoms with E-state index >= 15 is 0 Å². The molecule has 1 aliphatic carbocycles. The summed E-state index contributed by atoms with van der Waals surface area (Å²) in [5, 5.41) is 15.5. The molecular weight excluding hydrogens is 328 g/mol. The molecule has 0 bridgehead atoms. The highest BCUT2D eigenvalue weighted by molar-refractivity contribution is 6.30. The summed E-state index contributed by atoms with van der Waals surface area (Å²) in [6.07, 6.45) is 2.66. The molecule has 2 rings (SSSR count). The van der Waals surface area contributed by atoms with Crippen molar-refractivity contribution in [3.8, 4) is 0 Å². The van der Waals surface area contributed by atoms with Crippen LogP contribution in [0.2, 0.25) is 5.02 Å². The monoisotopic (exact) mass is 352 g/mol. The maximum absolute atomic E-state index is 12.1. The molecule has 0 atom stereocenters. The van der Waals surface area contributed by atoms with Gasteiger partial charge in [0.1, 0.15) is 0 Å². The maximum atomic E-state index is 12.1. The van der Waals surface area contributed by atoms with Crippen LogP contribution in [0, 0.1) is 5.92 Å². The largest absolute Gasteiger partial charge is 0.481 e. The highest BCUT2D eigenvalue weighted by atomic mass is 35.5. The van der Waals surface area contributed by atoms with Crippen molar-refractivity contribution in [2.24, 2.45) is 5.92 Å². The first-order valence-electron chi connectivity index (χ1n) is 8.31. The van der Waals surface area contributed by atoms with E-state index in [9.17, 15) is 9.59 Å². The van der Waals surface area contributed by atoms with Crippen molar-refractivity contribution in [3.05, 3.63) is 34.9 Å². The van der Waals surface area contributed by atoms with E-state index in [0.717, 1.165) is 5.56 Å². The predicted molar refractivity (Wildman–Crippen MR) is 94.4 cm³/mol. The second-order valence-electron chi connectivity index (χ2n) is 7.11. The molecule has 1 aromatic carbocycles. The number of aliphatic carboxylic acids is 1. The van der Waals surface area contributed by atoms with Crippen LogP contribution in [0.3, 0.4) is 0 Å². The number of hydrogen-bond donors (Lipinski definition) is 3. The third-order valence-corrected chi connectivity index (χ3v) is 4.94. The lowest BCUT2D eigenvalue weighted by atomic mass is 9.84. The first-order valence-corrected chi connectivity index (χ1v) is 8.69. The molecule has 0 aliphatic heterocycles. The fourth-order valence-electron chi connectivity index (χ4n) is 3.03. The number of amides is 2. The smallest absolute Gasteiger partial charge is 0.315 e. The third-order valence-electron chi connectivity index (χ3n) is 4.71. The summed E-state index contributed by atoms with van der Waals surface area (Å²) in [7, 11) is 0. The minimum atomic E-state index is -0.735. The third kappa shape index (κ3) is 5.13. The van der Waals surface area contributed by atoms with Crippen molar-refractivity contribution in [2.75, 3.05) is 6.54 Å². The van der Waals surface area contributed by atoms with Crippen LogP contribution >= 0.6 is 11.6 Å². The molecule has 0 heterocycles. The number of urea groups is 1. The topological polar surface area (TPSA) is 78.4 Å². The number of nitrogens with one attached hydrogen (secondary N) is 2. The lowest BCUT2D eigenvalue weighted by Gasteiger charge is -2.29. The van der Waals surface area contributed by atoms with Gasteiger partial charge in [0.25, 0.3) is 0 Å². The van der Waals surface area contributed by atoms with E-state index in [0.29, 0.717) is 37.3 Å². The molecule has 3 N–H and O–H groups in total. The van der Waals surface area contributed by atoms with Crippen LogP contribution in [0.4, 0.5) is 4.79 Å². The van der Waals surface area contributed by atoms with Crippen LogP contribution < -0.4 is 10.6 Å². The van der Waals surface area contributed by atoms with E-state index in [1.54, 1.807) is 0 Å². The molecule has 5 nitrogen and oxygen atoms in total. The summed E-state index contributed by atoms with van der Waals surface area (Å²) in [6.45, 7) is 4.59. The van der Waals surface area contributed by atoms with Crippen LogP contribution in [0.1, 0.15) is 45.1 Å². The fraction of sp³-hybridized carbons (Fsp3) is 0.556. The average Bonchev–Trinajstić information content (AvgIpc) is 2.53. The zero-order chi connectivity index (χ0) is 17.7. The molecule has 1 aliphatic rings. The number of carbonyl (C=O) groups excluding carboxylic acids is 1. The standard InChI is InChI=1S/C18H25ClN2O3/c1-18(2,13-4-3-5-14(19)10-13)11-20-17(24)21-15-8-6-12(7-9-15)16(22)23/h3-5,10,12,15H,6-9,11H2,1-2H3,(H,22,23)(H2,20,21,24). The minimum absolute atomic E-state index is 0.0508. The van der Waals surface area contributed by atoms with E-state index in [1.807, 2.05) is 24.3 Å². The van der Waals surface area contributed by atoms with Crippen molar-refractivity contribution in [3.63, 3.8) is 0 Å². The van der Waals surface area contributed by atoms with E-state index in [2.05, 4.69) is 24.5 Å². The van der Waals surface area contributed by atoms with Crippen molar-refractivity contribution in [2.45, 2.75) is 51.0 Å². The number of carboxylic acid groups (broad SMARTS) is 1. The van der Waals surface area contributed by atoms with Gasteiger partial charge in [-0.05, 0) is 43.4 Å². The Balaban J connectivity index is 1.80. The van der Waals surface area contributed by atoms with E-state index in [1.165, 1.54) is 0 Å². The Kier molecular flexibility index (Phi) is 6.10. The van der Waals surface area contributed by atoms with Gasteiger partial charge in [0.15, 0.2) is 0 Å². The lowest BCUT2D eigenvalue weighted by Crippen LogP contribution is -2.47. The zero-order valence-electron chi connectivity index (χ0n) is 14.1. The zero-order valence-corrected chi connectivity index (χ0v) is 14.9. The molecule has 1 aromatic rings. The fourth-order valence-corrected chi connectivity index (χ4v) is 3.22. The highest BCUT2D eigenvalue weighted by Crippen LogP contribution is 2.26.